The van der Waals surface area contributed by atoms with Crippen LogP contribution in [0.25, 0.3) is 10.9 Å². The molecule has 1 aliphatic rings. The number of aromatic nitrogens is 1. The maximum absolute atomic E-state index is 15.0. The Balaban J connectivity index is 1.58. The normalized spacial score (nSPS) is 17.5. The molecule has 0 bridgehead atoms. The molecule has 0 saturated carbocycles. The number of piperidine rings is 1. The number of sulfone groups is 1. The standard InChI is InChI=1S/C29H32F4N4O4S/c1-4-28(38)36-14-12-24(22(30)17-36)35-23-8-5-9-26-21(23)15-19(37(26)18-29(31,32)33)7-6-13-34-25-11-10-20(42(3,39)40)16-27(25)41-2/h5,8-11,15-16,22,24,34-35H,4,12-14,17-18H2,1-3H3/t22-,24+/m0/s1. The molecule has 0 unspecified atom stereocenters. The van der Waals surface area contributed by atoms with Gasteiger partial charge in [0.25, 0.3) is 0 Å². The molecule has 8 nitrogen and oxygen atoms in total. The number of nitrogens with zero attached hydrogens (tertiary/aromatic N) is 2. The first-order chi connectivity index (χ1) is 19.8. The second-order valence-electron chi connectivity index (χ2n) is 10.0. The maximum Gasteiger partial charge on any atom is 0.406 e. The Morgan fingerprint density at radius 3 is 2.57 bits per heavy atom. The van der Waals surface area contributed by atoms with Crippen LogP contribution in [0.1, 0.15) is 25.5 Å². The quantitative estimate of drug-likeness (QED) is 0.281. The summed E-state index contributed by atoms with van der Waals surface area (Å²) in [7, 11) is -2.05. The monoisotopic (exact) mass is 608 g/mol. The van der Waals surface area contributed by atoms with Crippen LogP contribution >= 0.6 is 0 Å². The minimum atomic E-state index is -4.51. The zero-order valence-electron chi connectivity index (χ0n) is 23.4. The van der Waals surface area contributed by atoms with E-state index in [0.717, 1.165) is 10.8 Å². The molecule has 0 aliphatic carbocycles. The topological polar surface area (TPSA) is 92.7 Å². The first-order valence-corrected chi connectivity index (χ1v) is 15.2. The van der Waals surface area contributed by atoms with E-state index in [1.54, 1.807) is 31.2 Å². The van der Waals surface area contributed by atoms with E-state index >= 15 is 0 Å². The third-order valence-corrected chi connectivity index (χ3v) is 8.12. The molecule has 2 N–H and O–H groups in total. The lowest BCUT2D eigenvalue weighted by Crippen LogP contribution is -2.49. The Bertz CT molecular complexity index is 1630. The number of rotatable bonds is 8. The number of fused-ring (bicyclic) bond motifs is 1. The summed E-state index contributed by atoms with van der Waals surface area (Å²) in [6.07, 6.45) is -4.12. The van der Waals surface area contributed by atoms with E-state index in [2.05, 4.69) is 22.5 Å². The van der Waals surface area contributed by atoms with Gasteiger partial charge in [-0.3, -0.25) is 4.79 Å². The van der Waals surface area contributed by atoms with Crippen molar-refractivity contribution < 1.29 is 35.5 Å². The zero-order chi connectivity index (χ0) is 30.7. The second kappa shape index (κ2) is 12.5. The van der Waals surface area contributed by atoms with Gasteiger partial charge in [-0.15, -0.1) is 0 Å². The maximum atomic E-state index is 15.0. The van der Waals surface area contributed by atoms with Gasteiger partial charge < -0.3 is 24.8 Å². The van der Waals surface area contributed by atoms with E-state index in [1.807, 2.05) is 0 Å². The molecule has 2 heterocycles. The van der Waals surface area contributed by atoms with Crippen LogP contribution in [0.15, 0.2) is 47.4 Å². The lowest BCUT2D eigenvalue weighted by molar-refractivity contribution is -0.140. The summed E-state index contributed by atoms with van der Waals surface area (Å²) < 4.78 is 85.6. The highest BCUT2D eigenvalue weighted by molar-refractivity contribution is 7.90. The largest absolute Gasteiger partial charge is 0.495 e. The number of halogens is 4. The third-order valence-electron chi connectivity index (χ3n) is 7.01. The Hall–Kier alpha value is -3.92. The van der Waals surface area contributed by atoms with Crippen molar-refractivity contribution in [1.82, 2.24) is 9.47 Å². The fourth-order valence-electron chi connectivity index (χ4n) is 4.90. The predicted molar refractivity (Wildman–Crippen MR) is 153 cm³/mol. The smallest absolute Gasteiger partial charge is 0.406 e. The van der Waals surface area contributed by atoms with E-state index in [4.69, 9.17) is 4.74 Å². The van der Waals surface area contributed by atoms with Crippen LogP contribution in [0.2, 0.25) is 0 Å². The van der Waals surface area contributed by atoms with Gasteiger partial charge in [0.15, 0.2) is 9.84 Å². The molecule has 2 atom stereocenters. The summed E-state index contributed by atoms with van der Waals surface area (Å²) >= 11 is 0. The van der Waals surface area contributed by atoms with Gasteiger partial charge in [0.1, 0.15) is 18.5 Å². The second-order valence-corrected chi connectivity index (χ2v) is 12.0. The predicted octanol–water partition coefficient (Wildman–Crippen LogP) is 4.84. The van der Waals surface area contributed by atoms with Crippen molar-refractivity contribution in [2.75, 3.05) is 43.6 Å². The number of amides is 1. The Morgan fingerprint density at radius 1 is 1.17 bits per heavy atom. The molecule has 0 radical (unpaired) electrons. The highest BCUT2D eigenvalue weighted by Crippen LogP contribution is 2.32. The van der Waals surface area contributed by atoms with Crippen LogP contribution in [0.3, 0.4) is 0 Å². The van der Waals surface area contributed by atoms with Crippen molar-refractivity contribution in [3.8, 4) is 17.6 Å². The number of ether oxygens (including phenoxy) is 1. The van der Waals surface area contributed by atoms with E-state index in [0.29, 0.717) is 41.7 Å². The first-order valence-electron chi connectivity index (χ1n) is 13.3. The van der Waals surface area contributed by atoms with Gasteiger partial charge in [-0.05, 0) is 42.7 Å². The Kier molecular flexibility index (Phi) is 9.25. The molecule has 226 valence electrons. The first kappa shape index (κ1) is 31.0. The van der Waals surface area contributed by atoms with Crippen molar-refractivity contribution in [3.05, 3.63) is 48.2 Å². The van der Waals surface area contributed by atoms with Crippen LogP contribution in [0.4, 0.5) is 28.9 Å². The number of hydrogen-bond acceptors (Lipinski definition) is 6. The molecule has 1 aromatic heterocycles. The minimum absolute atomic E-state index is 0.0335. The fourth-order valence-corrected chi connectivity index (χ4v) is 5.54. The van der Waals surface area contributed by atoms with Gasteiger partial charge >= 0.3 is 6.18 Å². The Labute approximate surface area is 241 Å². The number of alkyl halides is 4. The number of nitrogens with one attached hydrogen (secondary N) is 2. The van der Waals surface area contributed by atoms with Gasteiger partial charge in [-0.1, -0.05) is 18.9 Å². The highest BCUT2D eigenvalue weighted by Gasteiger charge is 2.32. The molecule has 0 spiro atoms. The molecule has 2 aromatic carbocycles. The molecule has 13 heteroatoms. The number of carbonyl (C=O) groups is 1. The average Bonchev–Trinajstić information content (AvgIpc) is 3.27. The molecule has 3 aromatic rings. The molecule has 1 saturated heterocycles. The fraction of sp³-hybridized carbons (Fsp3) is 0.414. The van der Waals surface area contributed by atoms with Crippen molar-refractivity contribution >= 4 is 38.0 Å². The highest BCUT2D eigenvalue weighted by atomic mass is 32.2. The summed E-state index contributed by atoms with van der Waals surface area (Å²) in [6, 6.07) is 10.1. The third kappa shape index (κ3) is 7.28. The number of carbonyl (C=O) groups excluding carboxylic acids is 1. The molecule has 4 rings (SSSR count). The van der Waals surface area contributed by atoms with Crippen molar-refractivity contribution in [1.29, 1.82) is 0 Å². The van der Waals surface area contributed by atoms with Gasteiger partial charge in [0.2, 0.25) is 5.91 Å². The zero-order valence-corrected chi connectivity index (χ0v) is 24.2. The summed E-state index contributed by atoms with van der Waals surface area (Å²) in [5.74, 6) is 5.78. The lowest BCUT2D eigenvalue weighted by Gasteiger charge is -2.35. The molecule has 1 amide bonds. The van der Waals surface area contributed by atoms with Crippen LogP contribution < -0.4 is 15.4 Å². The molecular formula is C29H32F4N4O4S. The van der Waals surface area contributed by atoms with Gasteiger partial charge in [-0.25, -0.2) is 12.8 Å². The van der Waals surface area contributed by atoms with E-state index in [1.165, 1.54) is 30.2 Å². The van der Waals surface area contributed by atoms with Gasteiger partial charge in [0, 0.05) is 36.4 Å². The van der Waals surface area contributed by atoms with E-state index in [-0.39, 0.29) is 35.3 Å². The summed E-state index contributed by atoms with van der Waals surface area (Å²) in [5, 5.41) is 6.61. The number of benzene rings is 2. The van der Waals surface area contributed by atoms with E-state index in [9.17, 15) is 30.8 Å². The molecule has 1 fully saturated rings. The SMILES string of the molecule is CCC(=O)N1CC[C@@H](Nc2cccc3c2cc(C#CCNc2ccc(S(C)(=O)=O)cc2OC)n3CC(F)(F)F)[C@@H](F)C1. The van der Waals surface area contributed by atoms with Crippen molar-refractivity contribution in [2.45, 2.75) is 49.6 Å². The molecule has 42 heavy (non-hydrogen) atoms. The molecule has 1 aliphatic heterocycles. The van der Waals surface area contributed by atoms with Crippen molar-refractivity contribution in [2.24, 2.45) is 0 Å². The van der Waals surface area contributed by atoms with Crippen LogP contribution in [0, 0.1) is 11.8 Å². The minimum Gasteiger partial charge on any atom is -0.495 e. The number of methoxy groups -OCH3 is 1. The summed E-state index contributed by atoms with van der Waals surface area (Å²) in [6.45, 7) is 0.840. The average molecular weight is 609 g/mol. The van der Waals surface area contributed by atoms with E-state index < -0.39 is 34.8 Å². The van der Waals surface area contributed by atoms with Gasteiger partial charge in [-0.2, -0.15) is 13.2 Å². The number of hydrogen-bond donors (Lipinski definition) is 2. The Morgan fingerprint density at radius 2 is 1.93 bits per heavy atom. The lowest BCUT2D eigenvalue weighted by atomic mass is 10.0. The van der Waals surface area contributed by atoms with Crippen LogP contribution in [-0.4, -0.2) is 75.2 Å². The van der Waals surface area contributed by atoms with Gasteiger partial charge in [0.05, 0.1) is 48.0 Å². The van der Waals surface area contributed by atoms with Crippen molar-refractivity contribution in [3.63, 3.8) is 0 Å². The summed E-state index contributed by atoms with van der Waals surface area (Å²) in [5.41, 5.74) is 1.36. The number of anilines is 2. The van der Waals surface area contributed by atoms with Crippen LogP contribution in [0.5, 0.6) is 5.75 Å². The number of likely N-dealkylation sites (tertiary alicyclic amines) is 1. The van der Waals surface area contributed by atoms with Crippen LogP contribution in [-0.2, 0) is 21.2 Å². The molecular weight excluding hydrogens is 576 g/mol. The summed E-state index contributed by atoms with van der Waals surface area (Å²) in [4.78, 5) is 13.5.